The molecular weight excluding hydrogens is 356 g/mol. The number of benzene rings is 1. The number of nitrogens with zero attached hydrogens (tertiary/aromatic N) is 2. The molecule has 2 aromatic rings. The first-order valence-corrected chi connectivity index (χ1v) is 8.97. The summed E-state index contributed by atoms with van der Waals surface area (Å²) in [6.07, 6.45) is 5.13. The van der Waals surface area contributed by atoms with Crippen LogP contribution in [0.1, 0.15) is 66.9 Å². The number of aromatic amines is 1. The predicted octanol–water partition coefficient (Wildman–Crippen LogP) is 2.67. The van der Waals surface area contributed by atoms with Crippen molar-refractivity contribution in [2.45, 2.75) is 52.4 Å². The number of unbranched alkanes of at least 4 members (excludes halogenated alkanes) is 2. The van der Waals surface area contributed by atoms with E-state index in [1.54, 1.807) is 6.92 Å². The van der Waals surface area contributed by atoms with Gasteiger partial charge in [0, 0.05) is 0 Å². The van der Waals surface area contributed by atoms with Gasteiger partial charge in [-0.3, -0.25) is 14.6 Å². The van der Waals surface area contributed by atoms with Crippen molar-refractivity contribution in [3.8, 4) is 5.69 Å². The van der Waals surface area contributed by atoms with Crippen molar-refractivity contribution in [3.63, 3.8) is 0 Å². The average Bonchev–Trinajstić information content (AvgIpc) is 2.57. The first-order chi connectivity index (χ1) is 12.3. The SMILES string of the molecule is CCCCCC(C)c1c(-n2ncc(=O)[nH]c2=O)cc(C(N)=O)c(Cl)c1C. The van der Waals surface area contributed by atoms with E-state index in [2.05, 4.69) is 17.0 Å². The number of nitrogens with one attached hydrogen (secondary N) is 1. The molecule has 1 amide bonds. The Kier molecular flexibility index (Phi) is 6.37. The van der Waals surface area contributed by atoms with Gasteiger partial charge in [-0.05, 0) is 36.5 Å². The summed E-state index contributed by atoms with van der Waals surface area (Å²) in [5.41, 5.74) is 6.17. The minimum Gasteiger partial charge on any atom is -0.366 e. The molecule has 1 heterocycles. The fraction of sp³-hybridized carbons (Fsp3) is 0.444. The van der Waals surface area contributed by atoms with Gasteiger partial charge < -0.3 is 5.73 Å². The molecule has 0 fully saturated rings. The van der Waals surface area contributed by atoms with Gasteiger partial charge in [-0.1, -0.05) is 44.7 Å². The highest BCUT2D eigenvalue weighted by atomic mass is 35.5. The third kappa shape index (κ3) is 4.04. The quantitative estimate of drug-likeness (QED) is 0.721. The number of rotatable bonds is 7. The molecular formula is C18H23ClN4O3. The van der Waals surface area contributed by atoms with Gasteiger partial charge in [-0.2, -0.15) is 9.78 Å². The van der Waals surface area contributed by atoms with E-state index in [0.29, 0.717) is 11.3 Å². The first-order valence-electron chi connectivity index (χ1n) is 8.59. The maximum absolute atomic E-state index is 12.2. The number of halogens is 1. The molecule has 0 aliphatic rings. The molecule has 0 aliphatic heterocycles. The normalized spacial score (nSPS) is 12.2. The Balaban J connectivity index is 2.72. The Morgan fingerprint density at radius 2 is 2.08 bits per heavy atom. The lowest BCUT2D eigenvalue weighted by Gasteiger charge is -2.21. The molecule has 26 heavy (non-hydrogen) atoms. The molecule has 2 rings (SSSR count). The summed E-state index contributed by atoms with van der Waals surface area (Å²) in [6.45, 7) is 5.96. The third-order valence-electron chi connectivity index (χ3n) is 4.47. The van der Waals surface area contributed by atoms with E-state index in [1.807, 2.05) is 6.92 Å². The summed E-state index contributed by atoms with van der Waals surface area (Å²) >= 11 is 6.36. The zero-order valence-electron chi connectivity index (χ0n) is 15.1. The molecule has 0 radical (unpaired) electrons. The van der Waals surface area contributed by atoms with E-state index in [0.717, 1.165) is 42.1 Å². The van der Waals surface area contributed by atoms with Gasteiger partial charge in [0.05, 0.1) is 16.3 Å². The summed E-state index contributed by atoms with van der Waals surface area (Å²) in [5, 5.41) is 4.20. The summed E-state index contributed by atoms with van der Waals surface area (Å²) in [4.78, 5) is 37.5. The van der Waals surface area contributed by atoms with Gasteiger partial charge in [0.2, 0.25) is 5.91 Å². The number of aromatic nitrogens is 3. The van der Waals surface area contributed by atoms with Crippen LogP contribution in [0.2, 0.25) is 5.02 Å². The fourth-order valence-electron chi connectivity index (χ4n) is 3.14. The van der Waals surface area contributed by atoms with E-state index in [4.69, 9.17) is 17.3 Å². The number of hydrogen-bond acceptors (Lipinski definition) is 4. The highest BCUT2D eigenvalue weighted by Gasteiger charge is 2.23. The first kappa shape index (κ1) is 19.9. The van der Waals surface area contributed by atoms with Crippen LogP contribution < -0.4 is 17.0 Å². The van der Waals surface area contributed by atoms with E-state index < -0.39 is 17.2 Å². The molecule has 0 spiro atoms. The maximum atomic E-state index is 12.2. The highest BCUT2D eigenvalue weighted by Crippen LogP contribution is 2.35. The lowest BCUT2D eigenvalue weighted by atomic mass is 9.88. The number of amides is 1. The highest BCUT2D eigenvalue weighted by molar-refractivity contribution is 6.34. The predicted molar refractivity (Wildman–Crippen MR) is 101 cm³/mol. The van der Waals surface area contributed by atoms with E-state index >= 15 is 0 Å². The number of primary amides is 1. The van der Waals surface area contributed by atoms with Crippen molar-refractivity contribution in [3.05, 3.63) is 54.8 Å². The molecule has 1 atom stereocenters. The zero-order chi connectivity index (χ0) is 19.4. The average molecular weight is 379 g/mol. The number of H-pyrrole nitrogens is 1. The molecule has 0 aliphatic carbocycles. The van der Waals surface area contributed by atoms with E-state index in [1.165, 1.54) is 6.07 Å². The van der Waals surface area contributed by atoms with Crippen molar-refractivity contribution >= 4 is 17.5 Å². The second-order valence-electron chi connectivity index (χ2n) is 6.41. The molecule has 140 valence electrons. The van der Waals surface area contributed by atoms with Crippen molar-refractivity contribution < 1.29 is 4.79 Å². The van der Waals surface area contributed by atoms with Crippen molar-refractivity contribution in [2.75, 3.05) is 0 Å². The zero-order valence-corrected chi connectivity index (χ0v) is 15.9. The smallest absolute Gasteiger partial charge is 0.349 e. The van der Waals surface area contributed by atoms with E-state index in [-0.39, 0.29) is 16.5 Å². The second kappa shape index (κ2) is 8.31. The Morgan fingerprint density at radius 1 is 1.38 bits per heavy atom. The second-order valence-corrected chi connectivity index (χ2v) is 6.79. The van der Waals surface area contributed by atoms with Crippen LogP contribution in [0.3, 0.4) is 0 Å². The number of hydrogen-bond donors (Lipinski definition) is 2. The number of nitrogens with two attached hydrogens (primary N) is 1. The van der Waals surface area contributed by atoms with Gasteiger partial charge in [-0.15, -0.1) is 0 Å². The molecule has 1 unspecified atom stereocenters. The van der Waals surface area contributed by atoms with Gasteiger partial charge in [0.1, 0.15) is 6.20 Å². The lowest BCUT2D eigenvalue weighted by molar-refractivity contribution is 0.100. The number of carbonyl (C=O) groups is 1. The Hall–Kier alpha value is -2.41. The van der Waals surface area contributed by atoms with Gasteiger partial charge in [-0.25, -0.2) is 4.79 Å². The van der Waals surface area contributed by atoms with Crippen molar-refractivity contribution in [1.29, 1.82) is 0 Å². The molecule has 1 aromatic heterocycles. The maximum Gasteiger partial charge on any atom is 0.349 e. The summed E-state index contributed by atoms with van der Waals surface area (Å²) in [5.74, 6) is -0.612. The van der Waals surface area contributed by atoms with Crippen LogP contribution in [0.25, 0.3) is 5.69 Å². The molecule has 0 bridgehead atoms. The summed E-state index contributed by atoms with van der Waals surface area (Å²) in [6, 6.07) is 1.47. The largest absolute Gasteiger partial charge is 0.366 e. The molecule has 7 nitrogen and oxygen atoms in total. The molecule has 8 heteroatoms. The van der Waals surface area contributed by atoms with Crippen LogP contribution in [-0.4, -0.2) is 20.7 Å². The van der Waals surface area contributed by atoms with Crippen molar-refractivity contribution in [1.82, 2.24) is 14.8 Å². The summed E-state index contributed by atoms with van der Waals surface area (Å²) < 4.78 is 1.07. The Morgan fingerprint density at radius 3 is 2.65 bits per heavy atom. The van der Waals surface area contributed by atoms with E-state index in [9.17, 15) is 14.4 Å². The van der Waals surface area contributed by atoms with Crippen LogP contribution in [0.15, 0.2) is 21.9 Å². The van der Waals surface area contributed by atoms with Crippen LogP contribution in [0.4, 0.5) is 0 Å². The molecule has 1 aromatic carbocycles. The number of carbonyl (C=O) groups excluding carboxylic acids is 1. The Labute approximate surface area is 156 Å². The lowest BCUT2D eigenvalue weighted by Crippen LogP contribution is -2.31. The molecule has 0 saturated heterocycles. The topological polar surface area (TPSA) is 111 Å². The van der Waals surface area contributed by atoms with Gasteiger partial charge in [0.25, 0.3) is 5.56 Å². The summed E-state index contributed by atoms with van der Waals surface area (Å²) in [7, 11) is 0. The van der Waals surface area contributed by atoms with Crippen LogP contribution in [0.5, 0.6) is 0 Å². The molecule has 0 saturated carbocycles. The third-order valence-corrected chi connectivity index (χ3v) is 4.95. The van der Waals surface area contributed by atoms with Crippen LogP contribution in [-0.2, 0) is 0 Å². The van der Waals surface area contributed by atoms with Crippen molar-refractivity contribution in [2.24, 2.45) is 5.73 Å². The molecule has 3 N–H and O–H groups in total. The van der Waals surface area contributed by atoms with Gasteiger partial charge in [0.15, 0.2) is 0 Å². The fourth-order valence-corrected chi connectivity index (χ4v) is 3.39. The Bertz CT molecular complexity index is 933. The minimum absolute atomic E-state index is 0.0802. The standard InChI is InChI=1S/C18H23ClN4O3/c1-4-5-6-7-10(2)15-11(3)16(19)12(17(20)25)8-13(15)23-18(26)22-14(24)9-21-23/h8-10H,4-7H2,1-3H3,(H2,20,25)(H,22,24,26). The monoisotopic (exact) mass is 378 g/mol. The van der Waals surface area contributed by atoms with Crippen LogP contribution in [0, 0.1) is 6.92 Å². The minimum atomic E-state index is -0.693. The van der Waals surface area contributed by atoms with Crippen LogP contribution >= 0.6 is 11.6 Å². The van der Waals surface area contributed by atoms with Gasteiger partial charge >= 0.3 is 5.69 Å².